The van der Waals surface area contributed by atoms with Crippen molar-refractivity contribution in [3.63, 3.8) is 0 Å². The molecule has 1 atom stereocenters. The van der Waals surface area contributed by atoms with Gasteiger partial charge >= 0.3 is 11.9 Å². The smallest absolute Gasteiger partial charge is 0.343 e. The number of carbonyl (C=O) groups excluding carboxylic acids is 2. The van der Waals surface area contributed by atoms with Crippen LogP contribution in [0.4, 0.5) is 0 Å². The van der Waals surface area contributed by atoms with Gasteiger partial charge in [0.1, 0.15) is 17.6 Å². The molecule has 3 rings (SSSR count). The van der Waals surface area contributed by atoms with Crippen LogP contribution in [-0.2, 0) is 4.74 Å². The Balaban J connectivity index is 1.40. The molecule has 5 nitrogen and oxygen atoms in total. The van der Waals surface area contributed by atoms with E-state index in [1.807, 2.05) is 0 Å². The zero-order valence-electron chi connectivity index (χ0n) is 22.9. The quantitative estimate of drug-likeness (QED) is 0.146. The first kappa shape index (κ1) is 28.7. The Morgan fingerprint density at radius 2 is 1.43 bits per heavy atom. The van der Waals surface area contributed by atoms with Gasteiger partial charge in [0.05, 0.1) is 17.7 Å². The maximum atomic E-state index is 12.6. The molecule has 0 aromatic heterocycles. The number of carbonyl (C=O) groups is 2. The van der Waals surface area contributed by atoms with Gasteiger partial charge in [-0.15, -0.1) is 0 Å². The van der Waals surface area contributed by atoms with Gasteiger partial charge in [0, 0.05) is 0 Å². The van der Waals surface area contributed by atoms with Crippen molar-refractivity contribution in [2.24, 2.45) is 11.8 Å². The van der Waals surface area contributed by atoms with Crippen LogP contribution in [0.2, 0.25) is 0 Å². The van der Waals surface area contributed by atoms with Crippen molar-refractivity contribution >= 4 is 11.9 Å². The predicted molar refractivity (Wildman–Crippen MR) is 147 cm³/mol. The summed E-state index contributed by atoms with van der Waals surface area (Å²) >= 11 is 0. The summed E-state index contributed by atoms with van der Waals surface area (Å²) in [6, 6.07) is 13.6. The van der Waals surface area contributed by atoms with Gasteiger partial charge in [-0.1, -0.05) is 52.9 Å². The van der Waals surface area contributed by atoms with Crippen LogP contribution in [-0.4, -0.2) is 24.6 Å². The van der Waals surface area contributed by atoms with Crippen molar-refractivity contribution < 1.29 is 23.8 Å². The largest absolute Gasteiger partial charge is 0.494 e. The van der Waals surface area contributed by atoms with E-state index in [1.165, 1.54) is 32.1 Å². The average Bonchev–Trinajstić information content (AvgIpc) is 2.92. The van der Waals surface area contributed by atoms with E-state index >= 15 is 0 Å². The molecule has 0 aliphatic heterocycles. The Morgan fingerprint density at radius 3 is 2.05 bits per heavy atom. The highest BCUT2D eigenvalue weighted by Crippen LogP contribution is 2.30. The lowest BCUT2D eigenvalue weighted by Gasteiger charge is -2.28. The number of benzene rings is 2. The molecule has 0 bridgehead atoms. The van der Waals surface area contributed by atoms with Gasteiger partial charge in [0.25, 0.3) is 0 Å². The maximum Gasteiger partial charge on any atom is 0.343 e. The third-order valence-electron chi connectivity index (χ3n) is 7.48. The fourth-order valence-corrected chi connectivity index (χ4v) is 4.78. The molecule has 1 unspecified atom stereocenters. The molecule has 1 saturated carbocycles. The van der Waals surface area contributed by atoms with Crippen LogP contribution in [0.1, 0.15) is 112 Å². The minimum Gasteiger partial charge on any atom is -0.494 e. The van der Waals surface area contributed by atoms with E-state index in [0.29, 0.717) is 29.4 Å². The van der Waals surface area contributed by atoms with Gasteiger partial charge in [-0.3, -0.25) is 0 Å². The second-order valence-corrected chi connectivity index (χ2v) is 10.5. The summed E-state index contributed by atoms with van der Waals surface area (Å²) < 4.78 is 17.0. The summed E-state index contributed by atoms with van der Waals surface area (Å²) in [4.78, 5) is 25.1. The van der Waals surface area contributed by atoms with Gasteiger partial charge in [-0.2, -0.15) is 0 Å². The molecule has 2 aromatic carbocycles. The molecule has 0 heterocycles. The predicted octanol–water partition coefficient (Wildman–Crippen LogP) is 8.41. The third kappa shape index (κ3) is 9.87. The molecule has 0 radical (unpaired) electrons. The first-order valence-electron chi connectivity index (χ1n) is 14.2. The van der Waals surface area contributed by atoms with Gasteiger partial charge in [0.2, 0.25) is 0 Å². The summed E-state index contributed by atoms with van der Waals surface area (Å²) in [7, 11) is 0. The molecule has 1 aliphatic carbocycles. The Morgan fingerprint density at radius 1 is 0.811 bits per heavy atom. The fraction of sp³-hybridized carbons (Fsp3) is 0.562. The summed E-state index contributed by atoms with van der Waals surface area (Å²) in [6.07, 6.45) is 12.7. The van der Waals surface area contributed by atoms with Crippen LogP contribution in [0.15, 0.2) is 48.5 Å². The Kier molecular flexibility index (Phi) is 12.0. The highest BCUT2D eigenvalue weighted by atomic mass is 16.5. The Hall–Kier alpha value is -2.82. The van der Waals surface area contributed by atoms with Crippen molar-refractivity contribution in [1.29, 1.82) is 0 Å². The van der Waals surface area contributed by atoms with Gasteiger partial charge < -0.3 is 14.2 Å². The van der Waals surface area contributed by atoms with Crippen molar-refractivity contribution in [1.82, 2.24) is 0 Å². The third-order valence-corrected chi connectivity index (χ3v) is 7.48. The number of hydrogen-bond acceptors (Lipinski definition) is 5. The SMILES string of the molecule is CCCCCC1CCC(OC(=O)c2ccc(OC(=O)c3ccc(OCCCC(C)CC)cc3)cc2)CC1. The van der Waals surface area contributed by atoms with E-state index in [9.17, 15) is 9.59 Å². The van der Waals surface area contributed by atoms with Crippen LogP contribution in [0.3, 0.4) is 0 Å². The van der Waals surface area contributed by atoms with E-state index in [2.05, 4.69) is 20.8 Å². The molecule has 37 heavy (non-hydrogen) atoms. The van der Waals surface area contributed by atoms with Gasteiger partial charge in [0.15, 0.2) is 0 Å². The van der Waals surface area contributed by atoms with E-state index < -0.39 is 5.97 Å². The van der Waals surface area contributed by atoms with Crippen molar-refractivity contribution in [3.8, 4) is 11.5 Å². The second-order valence-electron chi connectivity index (χ2n) is 10.5. The first-order chi connectivity index (χ1) is 18.0. The number of unbranched alkanes of at least 4 members (excludes halogenated alkanes) is 2. The summed E-state index contributed by atoms with van der Waals surface area (Å²) in [5, 5.41) is 0. The molecule has 1 fully saturated rings. The molecule has 0 saturated heterocycles. The van der Waals surface area contributed by atoms with Gasteiger partial charge in [-0.25, -0.2) is 9.59 Å². The Bertz CT molecular complexity index is 942. The molecule has 1 aliphatic rings. The number of rotatable bonds is 14. The van der Waals surface area contributed by atoms with Crippen LogP contribution < -0.4 is 9.47 Å². The minimum absolute atomic E-state index is 0.000664. The standard InChI is InChI=1S/C32H44O5/c1-4-6-7-10-25-11-17-29(18-12-25)36-32(34)27-15-21-30(22-16-27)37-31(33)26-13-19-28(20-14-26)35-23-8-9-24(3)5-2/h13-16,19-22,24-25,29H,4-12,17-18,23H2,1-3H3. The van der Waals surface area contributed by atoms with Crippen LogP contribution in [0, 0.1) is 11.8 Å². The highest BCUT2D eigenvalue weighted by Gasteiger charge is 2.24. The van der Waals surface area contributed by atoms with Crippen molar-refractivity contribution in [2.75, 3.05) is 6.61 Å². The first-order valence-corrected chi connectivity index (χ1v) is 14.2. The summed E-state index contributed by atoms with van der Waals surface area (Å²) in [6.45, 7) is 7.36. The normalized spacial score (nSPS) is 18.1. The highest BCUT2D eigenvalue weighted by molar-refractivity contribution is 5.92. The van der Waals surface area contributed by atoms with Crippen LogP contribution >= 0.6 is 0 Å². The lowest BCUT2D eigenvalue weighted by Crippen LogP contribution is -2.24. The van der Waals surface area contributed by atoms with Gasteiger partial charge in [-0.05, 0) is 98.9 Å². The maximum absolute atomic E-state index is 12.6. The van der Waals surface area contributed by atoms with Crippen molar-refractivity contribution in [3.05, 3.63) is 59.7 Å². The van der Waals surface area contributed by atoms with E-state index in [-0.39, 0.29) is 12.1 Å². The molecule has 0 N–H and O–H groups in total. The lowest BCUT2D eigenvalue weighted by molar-refractivity contribution is 0.0161. The lowest BCUT2D eigenvalue weighted by atomic mass is 9.84. The molecular formula is C32H44O5. The number of esters is 2. The molecule has 0 spiro atoms. The molecular weight excluding hydrogens is 464 g/mol. The van der Waals surface area contributed by atoms with E-state index in [0.717, 1.165) is 50.2 Å². The summed E-state index contributed by atoms with van der Waals surface area (Å²) in [5.74, 6) is 1.86. The zero-order valence-corrected chi connectivity index (χ0v) is 22.9. The second kappa shape index (κ2) is 15.4. The fourth-order valence-electron chi connectivity index (χ4n) is 4.78. The average molecular weight is 509 g/mol. The molecule has 0 amide bonds. The van der Waals surface area contributed by atoms with Crippen LogP contribution in [0.5, 0.6) is 11.5 Å². The van der Waals surface area contributed by atoms with E-state index in [4.69, 9.17) is 14.2 Å². The monoisotopic (exact) mass is 508 g/mol. The zero-order chi connectivity index (χ0) is 26.5. The Labute approximate surface area is 222 Å². The minimum atomic E-state index is -0.450. The van der Waals surface area contributed by atoms with Crippen LogP contribution in [0.25, 0.3) is 0 Å². The summed E-state index contributed by atoms with van der Waals surface area (Å²) in [5.41, 5.74) is 0.917. The molecule has 202 valence electrons. The van der Waals surface area contributed by atoms with Crippen molar-refractivity contribution in [2.45, 2.75) is 97.5 Å². The molecule has 5 heteroatoms. The number of hydrogen-bond donors (Lipinski definition) is 0. The molecule has 2 aromatic rings. The number of ether oxygens (including phenoxy) is 3. The topological polar surface area (TPSA) is 61.8 Å². The van der Waals surface area contributed by atoms with E-state index in [1.54, 1.807) is 48.5 Å².